The Morgan fingerprint density at radius 2 is 1.63 bits per heavy atom. The van der Waals surface area contributed by atoms with Gasteiger partial charge >= 0.3 is 5.97 Å². The number of anilines is 1. The number of benzene rings is 2. The summed E-state index contributed by atoms with van der Waals surface area (Å²) in [6.07, 6.45) is 2.60. The van der Waals surface area contributed by atoms with E-state index in [2.05, 4.69) is 42.0 Å². The minimum Gasteiger partial charge on any atom is -0.455 e. The molecule has 1 aliphatic heterocycles. The molecular formula is C30H39N3O5. The van der Waals surface area contributed by atoms with E-state index in [-0.39, 0.29) is 11.6 Å². The molecule has 2 aromatic rings. The lowest BCUT2D eigenvalue weighted by molar-refractivity contribution is -0.154. The molecule has 0 radical (unpaired) electrons. The van der Waals surface area contributed by atoms with Gasteiger partial charge in [-0.05, 0) is 68.5 Å². The number of allylic oxidation sites excluding steroid dienone is 1. The van der Waals surface area contributed by atoms with E-state index >= 15 is 0 Å². The van der Waals surface area contributed by atoms with Crippen LogP contribution in [0.4, 0.5) is 5.69 Å². The molecule has 38 heavy (non-hydrogen) atoms. The topological polar surface area (TPSA) is 105 Å². The first-order valence-electron chi connectivity index (χ1n) is 12.4. The van der Waals surface area contributed by atoms with Crippen molar-refractivity contribution < 1.29 is 23.9 Å². The van der Waals surface area contributed by atoms with Crippen molar-refractivity contribution in [3.63, 3.8) is 0 Å². The van der Waals surface area contributed by atoms with E-state index in [0.29, 0.717) is 13.0 Å². The zero-order chi connectivity index (χ0) is 28.9. The molecule has 0 saturated heterocycles. The molecule has 0 saturated carbocycles. The Morgan fingerprint density at radius 3 is 2.11 bits per heavy atom. The Morgan fingerprint density at radius 1 is 1.08 bits per heavy atom. The number of aldehydes is 1. The van der Waals surface area contributed by atoms with Crippen molar-refractivity contribution >= 4 is 30.3 Å². The van der Waals surface area contributed by atoms with Gasteiger partial charge in [0.25, 0.3) is 5.91 Å². The maximum absolute atomic E-state index is 12.4. The van der Waals surface area contributed by atoms with E-state index < -0.39 is 11.6 Å². The number of rotatable bonds is 9. The standard InChI is InChI=1S/C18H18N2O.C10H17NO3.C2H4O/c1-12(2)20-11-17-15(5-4-6-16(17)18(20)21)13-7-9-14(19-3)10-8-13;1-5-10(4,6-2)14-9(13)8(3)11-7-12;1-2-3/h4-10,19H,1,11H2,2-3H3;7H,3,5-6H2,1-2,4H3,(H,11,12);2H,1H3. The second-order valence-electron chi connectivity index (χ2n) is 8.81. The minimum absolute atomic E-state index is 0.0341. The van der Waals surface area contributed by atoms with Crippen LogP contribution in [0, 0.1) is 0 Å². The van der Waals surface area contributed by atoms with Crippen molar-refractivity contribution in [1.82, 2.24) is 10.2 Å². The molecule has 8 heteroatoms. The maximum Gasteiger partial charge on any atom is 0.354 e. The van der Waals surface area contributed by atoms with Crippen molar-refractivity contribution in [2.24, 2.45) is 0 Å². The van der Waals surface area contributed by atoms with Crippen LogP contribution in [0.5, 0.6) is 0 Å². The molecule has 0 aromatic heterocycles. The van der Waals surface area contributed by atoms with Crippen LogP contribution in [0.2, 0.25) is 0 Å². The quantitative estimate of drug-likeness (QED) is 0.258. The van der Waals surface area contributed by atoms with Crippen LogP contribution in [0.15, 0.2) is 67.0 Å². The lowest BCUT2D eigenvalue weighted by Crippen LogP contribution is -2.33. The summed E-state index contributed by atoms with van der Waals surface area (Å²) in [5, 5.41) is 5.28. The third-order valence-electron chi connectivity index (χ3n) is 6.23. The smallest absolute Gasteiger partial charge is 0.354 e. The lowest BCUT2D eigenvalue weighted by atomic mass is 9.97. The second-order valence-corrected chi connectivity index (χ2v) is 8.81. The summed E-state index contributed by atoms with van der Waals surface area (Å²) >= 11 is 0. The van der Waals surface area contributed by atoms with E-state index in [9.17, 15) is 14.4 Å². The van der Waals surface area contributed by atoms with E-state index in [1.165, 1.54) is 6.92 Å². The summed E-state index contributed by atoms with van der Waals surface area (Å²) in [5.41, 5.74) is 5.46. The SMILES string of the molecule is C=C(C)N1Cc2c(cccc2-c2ccc(NC)cc2)C1=O.C=C(NC=O)C(=O)OC(C)(CC)CC.CC=O. The van der Waals surface area contributed by atoms with Gasteiger partial charge in [-0.3, -0.25) is 9.59 Å². The zero-order valence-electron chi connectivity index (χ0n) is 23.2. The number of hydrogen-bond donors (Lipinski definition) is 2. The molecule has 2 aromatic carbocycles. The van der Waals surface area contributed by atoms with Crippen LogP contribution in [0.25, 0.3) is 11.1 Å². The third-order valence-corrected chi connectivity index (χ3v) is 6.23. The van der Waals surface area contributed by atoms with E-state index in [1.54, 1.807) is 4.90 Å². The van der Waals surface area contributed by atoms with Gasteiger partial charge in [-0.2, -0.15) is 0 Å². The van der Waals surface area contributed by atoms with Crippen molar-refractivity contribution in [1.29, 1.82) is 0 Å². The first-order valence-corrected chi connectivity index (χ1v) is 12.4. The molecule has 8 nitrogen and oxygen atoms in total. The largest absolute Gasteiger partial charge is 0.455 e. The number of carbonyl (C=O) groups is 4. The van der Waals surface area contributed by atoms with Crippen LogP contribution >= 0.6 is 0 Å². The molecule has 0 bridgehead atoms. The minimum atomic E-state index is -0.580. The summed E-state index contributed by atoms with van der Waals surface area (Å²) < 4.78 is 5.19. The summed E-state index contributed by atoms with van der Waals surface area (Å²) in [6.45, 7) is 16.9. The number of amides is 2. The van der Waals surface area contributed by atoms with E-state index in [1.807, 2.05) is 59.0 Å². The molecule has 0 aliphatic carbocycles. The van der Waals surface area contributed by atoms with Gasteiger partial charge in [0.1, 0.15) is 17.6 Å². The van der Waals surface area contributed by atoms with Gasteiger partial charge in [-0.25, -0.2) is 4.79 Å². The lowest BCUT2D eigenvalue weighted by Gasteiger charge is -2.27. The van der Waals surface area contributed by atoms with Gasteiger partial charge in [0.2, 0.25) is 6.41 Å². The average Bonchev–Trinajstić information content (AvgIpc) is 3.26. The molecule has 3 rings (SSSR count). The second kappa shape index (κ2) is 15.1. The van der Waals surface area contributed by atoms with Crippen molar-refractivity contribution in [3.8, 4) is 11.1 Å². The molecule has 204 valence electrons. The van der Waals surface area contributed by atoms with Gasteiger partial charge in [0.05, 0.1) is 6.54 Å². The highest BCUT2D eigenvalue weighted by molar-refractivity contribution is 6.01. The van der Waals surface area contributed by atoms with Gasteiger partial charge < -0.3 is 25.1 Å². The highest BCUT2D eigenvalue weighted by atomic mass is 16.6. The fourth-order valence-corrected chi connectivity index (χ4v) is 3.54. The Labute approximate surface area is 225 Å². The number of nitrogens with zero attached hydrogens (tertiary/aromatic N) is 1. The Kier molecular flexibility index (Phi) is 12.7. The van der Waals surface area contributed by atoms with Crippen molar-refractivity contribution in [2.45, 2.75) is 59.6 Å². The van der Waals surface area contributed by atoms with Crippen LogP contribution in [-0.2, 0) is 25.7 Å². The van der Waals surface area contributed by atoms with Crippen molar-refractivity contribution in [2.75, 3.05) is 12.4 Å². The van der Waals surface area contributed by atoms with Gasteiger partial charge in [-0.15, -0.1) is 0 Å². The summed E-state index contributed by atoms with van der Waals surface area (Å²) in [5.74, 6) is -0.533. The number of nitrogens with one attached hydrogen (secondary N) is 2. The molecule has 0 atom stereocenters. The number of fused-ring (bicyclic) bond motifs is 1. The Bertz CT molecular complexity index is 1150. The molecule has 0 spiro atoms. The monoisotopic (exact) mass is 521 g/mol. The van der Waals surface area contributed by atoms with E-state index in [0.717, 1.165) is 52.8 Å². The Hall–Kier alpha value is -4.20. The normalized spacial score (nSPS) is 11.5. The highest BCUT2D eigenvalue weighted by Gasteiger charge is 2.29. The highest BCUT2D eigenvalue weighted by Crippen LogP contribution is 2.34. The predicted octanol–water partition coefficient (Wildman–Crippen LogP) is 5.46. The molecule has 1 heterocycles. The summed E-state index contributed by atoms with van der Waals surface area (Å²) in [6, 6.07) is 14.2. The molecule has 2 N–H and O–H groups in total. The first kappa shape index (κ1) is 31.8. The zero-order valence-corrected chi connectivity index (χ0v) is 23.2. The maximum atomic E-state index is 12.4. The van der Waals surface area contributed by atoms with E-state index in [4.69, 9.17) is 9.53 Å². The molecule has 0 fully saturated rings. The van der Waals surface area contributed by atoms with Gasteiger partial charge in [0.15, 0.2) is 0 Å². The summed E-state index contributed by atoms with van der Waals surface area (Å²) in [4.78, 5) is 44.3. The number of esters is 1. The number of ether oxygens (including phenoxy) is 1. The summed E-state index contributed by atoms with van der Waals surface area (Å²) in [7, 11) is 1.90. The molecule has 0 unspecified atom stereocenters. The first-order chi connectivity index (χ1) is 18.0. The molecule has 1 aliphatic rings. The fraction of sp³-hybridized carbons (Fsp3) is 0.333. The van der Waals surface area contributed by atoms with Crippen LogP contribution in [0.1, 0.15) is 63.4 Å². The average molecular weight is 522 g/mol. The molecular weight excluding hydrogens is 482 g/mol. The van der Waals surface area contributed by atoms with Gasteiger partial charge in [0, 0.05) is 24.0 Å². The molecule has 2 amide bonds. The van der Waals surface area contributed by atoms with Crippen molar-refractivity contribution in [3.05, 3.63) is 78.1 Å². The third kappa shape index (κ3) is 8.44. The van der Waals surface area contributed by atoms with Crippen LogP contribution in [0.3, 0.4) is 0 Å². The van der Waals surface area contributed by atoms with Crippen LogP contribution in [-0.4, -0.2) is 42.1 Å². The predicted molar refractivity (Wildman–Crippen MR) is 151 cm³/mol. The fourth-order valence-electron chi connectivity index (χ4n) is 3.54. The Balaban J connectivity index is 0.000000371. The number of carbonyl (C=O) groups excluding carboxylic acids is 4. The number of hydrogen-bond acceptors (Lipinski definition) is 6. The van der Waals surface area contributed by atoms with Gasteiger partial charge in [-0.1, -0.05) is 51.3 Å². The van der Waals surface area contributed by atoms with Crippen LogP contribution < -0.4 is 10.6 Å².